The number of pyridine rings is 1. The molecular formula is C13H20N2S. The number of thioether (sulfide) groups is 1. The fourth-order valence-electron chi connectivity index (χ4n) is 2.41. The van der Waals surface area contributed by atoms with Crippen molar-refractivity contribution in [3.05, 3.63) is 18.3 Å². The van der Waals surface area contributed by atoms with Crippen LogP contribution in [0.3, 0.4) is 0 Å². The number of nitrogens with two attached hydrogens (primary N) is 1. The van der Waals surface area contributed by atoms with Gasteiger partial charge in [-0.3, -0.25) is 0 Å². The molecule has 1 aromatic heterocycles. The summed E-state index contributed by atoms with van der Waals surface area (Å²) in [4.78, 5) is 4.38. The molecule has 0 spiro atoms. The van der Waals surface area contributed by atoms with Crippen LogP contribution in [0.5, 0.6) is 0 Å². The zero-order valence-corrected chi connectivity index (χ0v) is 10.7. The van der Waals surface area contributed by atoms with Gasteiger partial charge in [-0.15, -0.1) is 11.8 Å². The molecule has 16 heavy (non-hydrogen) atoms. The highest BCUT2D eigenvalue weighted by atomic mass is 32.2. The number of hydrogen-bond acceptors (Lipinski definition) is 3. The fourth-order valence-corrected chi connectivity index (χ4v) is 3.79. The number of aromatic nitrogens is 1. The van der Waals surface area contributed by atoms with Crippen molar-refractivity contribution in [3.63, 3.8) is 0 Å². The number of rotatable bonds is 3. The maximum atomic E-state index is 5.64. The maximum Gasteiger partial charge on any atom is 0.0964 e. The zero-order valence-electron chi connectivity index (χ0n) is 9.86. The zero-order chi connectivity index (χ0) is 11.4. The van der Waals surface area contributed by atoms with Gasteiger partial charge >= 0.3 is 0 Å². The Balaban J connectivity index is 1.99. The summed E-state index contributed by atoms with van der Waals surface area (Å²) in [5.74, 6) is 0.873. The van der Waals surface area contributed by atoms with Crippen molar-refractivity contribution in [3.8, 4) is 0 Å². The quantitative estimate of drug-likeness (QED) is 0.869. The van der Waals surface area contributed by atoms with Crippen LogP contribution in [0.25, 0.3) is 0 Å². The maximum absolute atomic E-state index is 5.64. The molecule has 0 aliphatic heterocycles. The average Bonchev–Trinajstić information content (AvgIpc) is 2.33. The van der Waals surface area contributed by atoms with Crippen molar-refractivity contribution in [2.75, 3.05) is 5.73 Å². The molecule has 2 nitrogen and oxygen atoms in total. The van der Waals surface area contributed by atoms with Crippen molar-refractivity contribution in [1.82, 2.24) is 4.98 Å². The third-order valence-electron chi connectivity index (χ3n) is 3.40. The first-order chi connectivity index (χ1) is 7.79. The minimum absolute atomic E-state index is 0.750. The van der Waals surface area contributed by atoms with Gasteiger partial charge < -0.3 is 5.73 Å². The number of nitrogen functional groups attached to an aromatic ring is 1. The first-order valence-electron chi connectivity index (χ1n) is 6.17. The van der Waals surface area contributed by atoms with Gasteiger partial charge in [-0.25, -0.2) is 4.98 Å². The Labute approximate surface area is 102 Å². The molecule has 1 aliphatic carbocycles. The van der Waals surface area contributed by atoms with Gasteiger partial charge in [0.25, 0.3) is 0 Å². The van der Waals surface area contributed by atoms with Gasteiger partial charge in [0.1, 0.15) is 0 Å². The summed E-state index contributed by atoms with van der Waals surface area (Å²) in [7, 11) is 0. The summed E-state index contributed by atoms with van der Waals surface area (Å²) in [6.45, 7) is 2.31. The van der Waals surface area contributed by atoms with Crippen LogP contribution < -0.4 is 5.73 Å². The van der Waals surface area contributed by atoms with Crippen LogP contribution in [0.15, 0.2) is 23.4 Å². The van der Waals surface area contributed by atoms with E-state index in [4.69, 9.17) is 5.73 Å². The molecule has 0 amide bonds. The molecule has 1 fully saturated rings. The molecule has 1 saturated carbocycles. The molecule has 1 heterocycles. The lowest BCUT2D eigenvalue weighted by Crippen LogP contribution is -2.21. The Bertz CT molecular complexity index is 323. The highest BCUT2D eigenvalue weighted by molar-refractivity contribution is 7.99. The van der Waals surface area contributed by atoms with E-state index in [0.29, 0.717) is 0 Å². The lowest BCUT2D eigenvalue weighted by atomic mass is 9.87. The smallest absolute Gasteiger partial charge is 0.0964 e. The molecule has 1 aliphatic rings. The summed E-state index contributed by atoms with van der Waals surface area (Å²) in [5.41, 5.74) is 6.39. The SMILES string of the molecule is CCC1CCCCC1Sc1ccc(N)cn1. The standard InChI is InChI=1S/C13H20N2S/c1-2-10-5-3-4-6-12(10)16-13-8-7-11(14)9-15-13/h7-10,12H,2-6,14H2,1H3. The monoisotopic (exact) mass is 236 g/mol. The van der Waals surface area contributed by atoms with Crippen molar-refractivity contribution < 1.29 is 0 Å². The van der Waals surface area contributed by atoms with E-state index in [0.717, 1.165) is 21.9 Å². The predicted molar refractivity (Wildman–Crippen MR) is 70.5 cm³/mol. The van der Waals surface area contributed by atoms with Gasteiger partial charge in [-0.05, 0) is 30.9 Å². The lowest BCUT2D eigenvalue weighted by molar-refractivity contribution is 0.361. The van der Waals surface area contributed by atoms with Gasteiger partial charge in [-0.1, -0.05) is 26.2 Å². The van der Waals surface area contributed by atoms with E-state index in [1.807, 2.05) is 23.9 Å². The first-order valence-corrected chi connectivity index (χ1v) is 7.05. The molecule has 2 atom stereocenters. The van der Waals surface area contributed by atoms with Crippen molar-refractivity contribution in [1.29, 1.82) is 0 Å². The highest BCUT2D eigenvalue weighted by Gasteiger charge is 2.24. The van der Waals surface area contributed by atoms with Crippen molar-refractivity contribution in [2.24, 2.45) is 5.92 Å². The lowest BCUT2D eigenvalue weighted by Gasteiger charge is -2.29. The number of anilines is 1. The molecule has 3 heteroatoms. The predicted octanol–water partition coefficient (Wildman–Crippen LogP) is 3.72. The summed E-state index contributed by atoms with van der Waals surface area (Å²) in [6, 6.07) is 3.99. The first kappa shape index (κ1) is 11.8. The Morgan fingerprint density at radius 3 is 2.88 bits per heavy atom. The summed E-state index contributed by atoms with van der Waals surface area (Å²) in [5, 5.41) is 1.88. The van der Waals surface area contributed by atoms with E-state index < -0.39 is 0 Å². The summed E-state index contributed by atoms with van der Waals surface area (Å²) in [6.07, 6.45) is 8.57. The second-order valence-corrected chi connectivity index (χ2v) is 5.80. The molecule has 2 N–H and O–H groups in total. The largest absolute Gasteiger partial charge is 0.397 e. The van der Waals surface area contributed by atoms with Gasteiger partial charge in [0.15, 0.2) is 0 Å². The van der Waals surface area contributed by atoms with E-state index >= 15 is 0 Å². The summed E-state index contributed by atoms with van der Waals surface area (Å²) < 4.78 is 0. The van der Waals surface area contributed by atoms with Gasteiger partial charge in [-0.2, -0.15) is 0 Å². The van der Waals surface area contributed by atoms with Crippen LogP contribution in [0.1, 0.15) is 39.0 Å². The molecule has 88 valence electrons. The second-order valence-electron chi connectivity index (χ2n) is 4.54. The molecule has 0 radical (unpaired) electrons. The Kier molecular flexibility index (Phi) is 4.10. The molecule has 2 unspecified atom stereocenters. The molecule has 0 saturated heterocycles. The van der Waals surface area contributed by atoms with Gasteiger partial charge in [0, 0.05) is 5.25 Å². The van der Waals surface area contributed by atoms with E-state index in [2.05, 4.69) is 11.9 Å². The fraction of sp³-hybridized carbons (Fsp3) is 0.615. The van der Waals surface area contributed by atoms with E-state index in [-0.39, 0.29) is 0 Å². The minimum Gasteiger partial charge on any atom is -0.397 e. The second kappa shape index (κ2) is 5.58. The Morgan fingerprint density at radius 2 is 2.19 bits per heavy atom. The van der Waals surface area contributed by atoms with E-state index in [9.17, 15) is 0 Å². The van der Waals surface area contributed by atoms with Crippen LogP contribution >= 0.6 is 11.8 Å². The Morgan fingerprint density at radius 1 is 1.38 bits per heavy atom. The topological polar surface area (TPSA) is 38.9 Å². The average molecular weight is 236 g/mol. The Hall–Kier alpha value is -0.700. The van der Waals surface area contributed by atoms with Gasteiger partial charge in [0.05, 0.1) is 16.9 Å². The molecular weight excluding hydrogens is 216 g/mol. The van der Waals surface area contributed by atoms with Crippen LogP contribution in [-0.4, -0.2) is 10.2 Å². The van der Waals surface area contributed by atoms with Crippen molar-refractivity contribution in [2.45, 2.75) is 49.3 Å². The van der Waals surface area contributed by atoms with Crippen molar-refractivity contribution >= 4 is 17.4 Å². The molecule has 1 aromatic rings. The molecule has 0 bridgehead atoms. The third kappa shape index (κ3) is 2.91. The third-order valence-corrected chi connectivity index (χ3v) is 4.80. The van der Waals surface area contributed by atoms with Crippen LogP contribution in [0.4, 0.5) is 5.69 Å². The van der Waals surface area contributed by atoms with E-state index in [1.54, 1.807) is 6.20 Å². The normalized spacial score (nSPS) is 25.6. The van der Waals surface area contributed by atoms with Crippen LogP contribution in [-0.2, 0) is 0 Å². The highest BCUT2D eigenvalue weighted by Crippen LogP contribution is 2.38. The van der Waals surface area contributed by atoms with Crippen LogP contribution in [0, 0.1) is 5.92 Å². The van der Waals surface area contributed by atoms with Crippen LogP contribution in [0.2, 0.25) is 0 Å². The molecule has 0 aromatic carbocycles. The minimum atomic E-state index is 0.750. The number of nitrogens with zero attached hydrogens (tertiary/aromatic N) is 1. The molecule has 2 rings (SSSR count). The number of hydrogen-bond donors (Lipinski definition) is 1. The summed E-state index contributed by atoms with van der Waals surface area (Å²) >= 11 is 1.94. The van der Waals surface area contributed by atoms with E-state index in [1.165, 1.54) is 32.1 Å². The van der Waals surface area contributed by atoms with Gasteiger partial charge in [0.2, 0.25) is 0 Å².